The topological polar surface area (TPSA) is 89.4 Å². The van der Waals surface area contributed by atoms with Crippen LogP contribution in [0, 0.1) is 12.8 Å². The first-order valence-electron chi connectivity index (χ1n) is 11.3. The van der Waals surface area contributed by atoms with Crippen LogP contribution < -0.4 is 5.32 Å². The molecule has 1 aliphatic heterocycles. The van der Waals surface area contributed by atoms with E-state index < -0.39 is 18.0 Å². The van der Waals surface area contributed by atoms with Crippen molar-refractivity contribution in [2.75, 3.05) is 31.6 Å². The summed E-state index contributed by atoms with van der Waals surface area (Å²) in [5.74, 6) is -1.56. The largest absolute Gasteiger partial charge is 0.462 e. The Hall–Kier alpha value is -2.99. The minimum absolute atomic E-state index is 0.0433. The molecule has 1 fully saturated rings. The van der Waals surface area contributed by atoms with Gasteiger partial charge in [0.1, 0.15) is 4.88 Å². The van der Waals surface area contributed by atoms with E-state index in [1.807, 2.05) is 4.90 Å². The van der Waals surface area contributed by atoms with E-state index in [2.05, 4.69) is 15.3 Å². The van der Waals surface area contributed by atoms with Crippen LogP contribution in [-0.4, -0.2) is 57.6 Å². The molecule has 8 nitrogen and oxygen atoms in total. The van der Waals surface area contributed by atoms with Crippen LogP contribution in [0.4, 0.5) is 18.3 Å². The molecule has 0 atom stereocenters. The number of halogens is 3. The lowest BCUT2D eigenvalue weighted by Crippen LogP contribution is -2.40. The summed E-state index contributed by atoms with van der Waals surface area (Å²) in [6, 6.07) is 6.63. The van der Waals surface area contributed by atoms with E-state index in [1.165, 1.54) is 4.57 Å². The Morgan fingerprint density at radius 2 is 1.91 bits per heavy atom. The number of imidazole rings is 1. The number of thiazole rings is 1. The molecule has 0 aliphatic carbocycles. The van der Waals surface area contributed by atoms with E-state index >= 15 is 0 Å². The van der Waals surface area contributed by atoms with Crippen molar-refractivity contribution in [1.29, 1.82) is 0 Å². The Bertz CT molecular complexity index is 1210. The highest BCUT2D eigenvalue weighted by Crippen LogP contribution is 2.33. The van der Waals surface area contributed by atoms with E-state index in [0.29, 0.717) is 52.7 Å². The first-order chi connectivity index (χ1) is 16.7. The third-order valence-electron chi connectivity index (χ3n) is 5.93. The molecule has 1 N–H and O–H groups in total. The summed E-state index contributed by atoms with van der Waals surface area (Å²) < 4.78 is 47.0. The van der Waals surface area contributed by atoms with Crippen molar-refractivity contribution in [2.45, 2.75) is 39.4 Å². The molecule has 0 spiro atoms. The predicted octanol–water partition coefficient (Wildman–Crippen LogP) is 4.35. The number of aryl methyl sites for hydroxylation is 1. The monoisotopic (exact) mass is 509 g/mol. The molecule has 0 bridgehead atoms. The summed E-state index contributed by atoms with van der Waals surface area (Å²) in [4.78, 5) is 34.8. The quantitative estimate of drug-likeness (QED) is 0.477. The molecule has 4 rings (SSSR count). The number of carbonyl (C=O) groups excluding carboxylic acids is 2. The molecule has 0 unspecified atom stereocenters. The van der Waals surface area contributed by atoms with Crippen molar-refractivity contribution in [3.63, 3.8) is 0 Å². The first kappa shape index (κ1) is 25.1. The molecule has 12 heteroatoms. The number of likely N-dealkylation sites (tertiary alicyclic amines) is 1. The number of nitrogens with one attached hydrogen (secondary N) is 1. The molecule has 188 valence electrons. The Morgan fingerprint density at radius 3 is 2.60 bits per heavy atom. The van der Waals surface area contributed by atoms with E-state index in [9.17, 15) is 22.8 Å². The normalized spacial score (nSPS) is 15.5. The average molecular weight is 510 g/mol. The van der Waals surface area contributed by atoms with Crippen LogP contribution in [0.2, 0.25) is 0 Å². The van der Waals surface area contributed by atoms with Crippen molar-refractivity contribution in [3.8, 4) is 0 Å². The summed E-state index contributed by atoms with van der Waals surface area (Å²) in [5, 5.41) is 3.05. The number of alkyl halides is 3. The van der Waals surface area contributed by atoms with Crippen LogP contribution in [0.1, 0.15) is 41.0 Å². The number of rotatable bonds is 7. The average Bonchev–Trinajstić information content (AvgIpc) is 3.35. The Labute approximate surface area is 204 Å². The van der Waals surface area contributed by atoms with Gasteiger partial charge >= 0.3 is 12.1 Å². The zero-order chi connectivity index (χ0) is 25.2. The third-order valence-corrected chi connectivity index (χ3v) is 6.98. The standard InChI is InChI=1S/C23H26F3N5O3S/c1-3-34-20(33)19-14(2)27-22(35-19)29-18(32)13-30-10-8-15(9-11-30)12-31-17-7-5-4-6-16(17)28-21(31)23(24,25)26/h4-7,15H,3,8-13H2,1-2H3,(H,27,29,32). The number of hydrogen-bond acceptors (Lipinski definition) is 7. The van der Waals surface area contributed by atoms with Crippen molar-refractivity contribution in [3.05, 3.63) is 40.7 Å². The van der Waals surface area contributed by atoms with Gasteiger partial charge in [-0.15, -0.1) is 0 Å². The van der Waals surface area contributed by atoms with Gasteiger partial charge in [-0.3, -0.25) is 9.69 Å². The molecule has 1 amide bonds. The lowest BCUT2D eigenvalue weighted by molar-refractivity contribution is -0.147. The molecule has 2 aromatic heterocycles. The number of nitrogens with zero attached hydrogens (tertiary/aromatic N) is 4. The van der Waals surface area contributed by atoms with E-state index in [4.69, 9.17) is 4.74 Å². The van der Waals surface area contributed by atoms with Crippen LogP contribution in [0.25, 0.3) is 11.0 Å². The predicted molar refractivity (Wildman–Crippen MR) is 125 cm³/mol. The molecule has 1 aromatic carbocycles. The Balaban J connectivity index is 1.33. The number of aromatic nitrogens is 3. The SMILES string of the molecule is CCOC(=O)c1sc(NC(=O)CN2CCC(Cn3c(C(F)(F)F)nc4ccccc43)CC2)nc1C. The molecular formula is C23H26F3N5O3S. The Morgan fingerprint density at radius 1 is 1.20 bits per heavy atom. The molecule has 1 saturated heterocycles. The third kappa shape index (κ3) is 5.81. The lowest BCUT2D eigenvalue weighted by atomic mass is 9.96. The molecule has 3 heterocycles. The first-order valence-corrected chi connectivity index (χ1v) is 12.2. The van der Waals surface area contributed by atoms with E-state index in [0.717, 1.165) is 11.3 Å². The van der Waals surface area contributed by atoms with Gasteiger partial charge < -0.3 is 14.6 Å². The smallest absolute Gasteiger partial charge is 0.449 e. The number of benzene rings is 1. The second-order valence-corrected chi connectivity index (χ2v) is 9.45. The van der Waals surface area contributed by atoms with Gasteiger partial charge in [0.05, 0.1) is 29.9 Å². The molecule has 1 aliphatic rings. The van der Waals surface area contributed by atoms with Crippen LogP contribution in [0.5, 0.6) is 0 Å². The van der Waals surface area contributed by atoms with E-state index in [-0.39, 0.29) is 31.5 Å². The van der Waals surface area contributed by atoms with Crippen LogP contribution in [0.15, 0.2) is 24.3 Å². The minimum Gasteiger partial charge on any atom is -0.462 e. The number of piperidine rings is 1. The molecule has 3 aromatic rings. The highest BCUT2D eigenvalue weighted by molar-refractivity contribution is 7.17. The van der Waals surface area contributed by atoms with Gasteiger partial charge in [0.25, 0.3) is 0 Å². The summed E-state index contributed by atoms with van der Waals surface area (Å²) >= 11 is 1.07. The number of esters is 1. The molecule has 0 radical (unpaired) electrons. The van der Waals surface area contributed by atoms with Gasteiger partial charge in [-0.25, -0.2) is 14.8 Å². The number of amides is 1. The van der Waals surface area contributed by atoms with Crippen molar-refractivity contribution < 1.29 is 27.5 Å². The maximum absolute atomic E-state index is 13.6. The fourth-order valence-electron chi connectivity index (χ4n) is 4.26. The molecule has 35 heavy (non-hydrogen) atoms. The van der Waals surface area contributed by atoms with Crippen molar-refractivity contribution in [1.82, 2.24) is 19.4 Å². The second kappa shape index (κ2) is 10.3. The number of para-hydroxylation sites is 2. The highest BCUT2D eigenvalue weighted by atomic mass is 32.1. The van der Waals surface area contributed by atoms with Gasteiger partial charge in [-0.2, -0.15) is 13.2 Å². The lowest BCUT2D eigenvalue weighted by Gasteiger charge is -2.32. The van der Waals surface area contributed by atoms with Gasteiger partial charge in [-0.1, -0.05) is 23.5 Å². The highest BCUT2D eigenvalue weighted by Gasteiger charge is 2.38. The van der Waals surface area contributed by atoms with E-state index in [1.54, 1.807) is 38.1 Å². The van der Waals surface area contributed by atoms with Crippen LogP contribution in [-0.2, 0) is 22.3 Å². The molecular weight excluding hydrogens is 483 g/mol. The maximum atomic E-state index is 13.6. The summed E-state index contributed by atoms with van der Waals surface area (Å²) in [5.41, 5.74) is 1.30. The van der Waals surface area contributed by atoms with Crippen molar-refractivity contribution in [2.24, 2.45) is 5.92 Å². The number of ether oxygens (including phenoxy) is 1. The molecule has 0 saturated carbocycles. The summed E-state index contributed by atoms with van der Waals surface area (Å²) in [7, 11) is 0. The Kier molecular flexibility index (Phi) is 7.41. The minimum atomic E-state index is -4.53. The zero-order valence-corrected chi connectivity index (χ0v) is 20.2. The van der Waals surface area contributed by atoms with Gasteiger partial charge in [-0.05, 0) is 57.8 Å². The van der Waals surface area contributed by atoms with Crippen molar-refractivity contribution >= 4 is 39.4 Å². The number of anilines is 1. The number of carbonyl (C=O) groups is 2. The van der Waals surface area contributed by atoms with Gasteiger partial charge in [0, 0.05) is 6.54 Å². The summed E-state index contributed by atoms with van der Waals surface area (Å²) in [6.07, 6.45) is -3.19. The fourth-order valence-corrected chi connectivity index (χ4v) is 5.14. The second-order valence-electron chi connectivity index (χ2n) is 8.45. The summed E-state index contributed by atoms with van der Waals surface area (Å²) in [6.45, 7) is 5.20. The van der Waals surface area contributed by atoms with Gasteiger partial charge in [0.15, 0.2) is 5.13 Å². The zero-order valence-electron chi connectivity index (χ0n) is 19.4. The fraction of sp³-hybridized carbons (Fsp3) is 0.478. The number of fused-ring (bicyclic) bond motifs is 1. The number of hydrogen-bond donors (Lipinski definition) is 1. The van der Waals surface area contributed by atoms with Gasteiger partial charge in [0.2, 0.25) is 11.7 Å². The maximum Gasteiger partial charge on any atom is 0.449 e. The van der Waals surface area contributed by atoms with Crippen LogP contribution in [0.3, 0.4) is 0 Å². The van der Waals surface area contributed by atoms with Crippen LogP contribution >= 0.6 is 11.3 Å².